The zero-order valence-corrected chi connectivity index (χ0v) is 14.3. The van der Waals surface area contributed by atoms with Crippen LogP contribution in [-0.4, -0.2) is 22.1 Å². The van der Waals surface area contributed by atoms with E-state index in [2.05, 4.69) is 21.9 Å². The van der Waals surface area contributed by atoms with E-state index in [4.69, 9.17) is 11.2 Å². The fourth-order valence-corrected chi connectivity index (χ4v) is 4.96. The standard InChI is InChI=1S/C14H12BrNO3S2/c1-3-10-19-12-6-4-11(5-7-12)16(2)21(17,18)14-9-8-13(15)20-14/h1,4-9H,10H2,2H3. The molecule has 2 aromatic rings. The number of ether oxygens (including phenoxy) is 1. The van der Waals surface area contributed by atoms with Gasteiger partial charge in [0.05, 0.1) is 9.47 Å². The molecule has 0 fully saturated rings. The fourth-order valence-electron chi connectivity index (χ4n) is 1.59. The first kappa shape index (κ1) is 15.9. The van der Waals surface area contributed by atoms with Crippen molar-refractivity contribution in [3.63, 3.8) is 0 Å². The minimum absolute atomic E-state index is 0.177. The Kier molecular flexibility index (Phi) is 4.93. The van der Waals surface area contributed by atoms with E-state index in [-0.39, 0.29) is 10.8 Å². The second-order valence-electron chi connectivity index (χ2n) is 4.02. The number of rotatable bonds is 5. The van der Waals surface area contributed by atoms with Crippen molar-refractivity contribution >= 4 is 43.0 Å². The Labute approximate surface area is 136 Å². The summed E-state index contributed by atoms with van der Waals surface area (Å²) in [5, 5.41) is 0. The lowest BCUT2D eigenvalue weighted by molar-refractivity contribution is 0.370. The molecule has 0 unspecified atom stereocenters. The van der Waals surface area contributed by atoms with E-state index in [1.165, 1.54) is 22.7 Å². The molecule has 110 valence electrons. The van der Waals surface area contributed by atoms with Crippen LogP contribution in [0.1, 0.15) is 0 Å². The smallest absolute Gasteiger partial charge is 0.273 e. The molecule has 21 heavy (non-hydrogen) atoms. The number of sulfonamides is 1. The van der Waals surface area contributed by atoms with Crippen LogP contribution in [-0.2, 0) is 10.0 Å². The Balaban J connectivity index is 2.23. The largest absolute Gasteiger partial charge is 0.481 e. The molecule has 0 saturated heterocycles. The molecule has 1 aromatic heterocycles. The Morgan fingerprint density at radius 3 is 2.48 bits per heavy atom. The highest BCUT2D eigenvalue weighted by molar-refractivity contribution is 9.11. The summed E-state index contributed by atoms with van der Waals surface area (Å²) in [5.41, 5.74) is 0.549. The highest BCUT2D eigenvalue weighted by Gasteiger charge is 2.23. The summed E-state index contributed by atoms with van der Waals surface area (Å²) in [6, 6.07) is 10.00. The van der Waals surface area contributed by atoms with Gasteiger partial charge in [0.15, 0.2) is 0 Å². The highest BCUT2D eigenvalue weighted by Crippen LogP contribution is 2.30. The van der Waals surface area contributed by atoms with Gasteiger partial charge in [-0.1, -0.05) is 5.92 Å². The van der Waals surface area contributed by atoms with Gasteiger partial charge in [-0.25, -0.2) is 8.42 Å². The number of hydrogen-bond donors (Lipinski definition) is 0. The van der Waals surface area contributed by atoms with E-state index in [0.29, 0.717) is 11.4 Å². The summed E-state index contributed by atoms with van der Waals surface area (Å²) in [4.78, 5) is 0. The van der Waals surface area contributed by atoms with E-state index in [0.717, 1.165) is 3.79 Å². The van der Waals surface area contributed by atoms with Gasteiger partial charge in [-0.15, -0.1) is 17.8 Å². The van der Waals surface area contributed by atoms with Gasteiger partial charge in [0.1, 0.15) is 16.6 Å². The van der Waals surface area contributed by atoms with Gasteiger partial charge in [-0.2, -0.15) is 0 Å². The van der Waals surface area contributed by atoms with Crippen LogP contribution in [0.5, 0.6) is 5.75 Å². The van der Waals surface area contributed by atoms with Gasteiger partial charge >= 0.3 is 0 Å². The second kappa shape index (κ2) is 6.52. The van der Waals surface area contributed by atoms with E-state index >= 15 is 0 Å². The van der Waals surface area contributed by atoms with Crippen molar-refractivity contribution in [1.29, 1.82) is 0 Å². The van der Waals surface area contributed by atoms with Crippen molar-refractivity contribution in [3.8, 4) is 18.1 Å². The van der Waals surface area contributed by atoms with Crippen LogP contribution in [0.2, 0.25) is 0 Å². The maximum atomic E-state index is 12.5. The molecule has 0 saturated carbocycles. The molecule has 1 heterocycles. The third-order valence-electron chi connectivity index (χ3n) is 2.69. The van der Waals surface area contributed by atoms with Gasteiger partial charge in [-0.05, 0) is 52.3 Å². The molecule has 0 amide bonds. The molecular formula is C14H12BrNO3S2. The van der Waals surface area contributed by atoms with Crippen LogP contribution >= 0.6 is 27.3 Å². The molecule has 0 N–H and O–H groups in total. The first-order valence-electron chi connectivity index (χ1n) is 5.86. The summed E-state index contributed by atoms with van der Waals surface area (Å²) in [7, 11) is -2.04. The first-order valence-corrected chi connectivity index (χ1v) is 8.90. The van der Waals surface area contributed by atoms with Crippen LogP contribution in [0.3, 0.4) is 0 Å². The van der Waals surface area contributed by atoms with Crippen molar-refractivity contribution in [2.45, 2.75) is 4.21 Å². The number of nitrogens with zero attached hydrogens (tertiary/aromatic N) is 1. The molecule has 0 spiro atoms. The molecule has 0 aliphatic heterocycles. The number of thiophene rings is 1. The van der Waals surface area contributed by atoms with Crippen LogP contribution in [0.4, 0.5) is 5.69 Å². The number of terminal acetylenes is 1. The van der Waals surface area contributed by atoms with E-state index in [9.17, 15) is 8.42 Å². The minimum Gasteiger partial charge on any atom is -0.481 e. The van der Waals surface area contributed by atoms with E-state index in [1.54, 1.807) is 36.4 Å². The Hall–Kier alpha value is -1.49. The normalized spacial score (nSPS) is 10.9. The molecule has 0 aliphatic carbocycles. The maximum absolute atomic E-state index is 12.5. The van der Waals surface area contributed by atoms with Gasteiger partial charge in [0, 0.05) is 7.05 Å². The predicted octanol–water partition coefficient (Wildman–Crippen LogP) is 3.35. The van der Waals surface area contributed by atoms with Crippen LogP contribution in [0, 0.1) is 12.3 Å². The molecule has 4 nitrogen and oxygen atoms in total. The molecule has 2 rings (SSSR count). The second-order valence-corrected chi connectivity index (χ2v) is 8.68. The molecular weight excluding hydrogens is 374 g/mol. The zero-order valence-electron chi connectivity index (χ0n) is 11.1. The molecule has 0 atom stereocenters. The van der Waals surface area contributed by atoms with Gasteiger partial charge in [-0.3, -0.25) is 4.31 Å². The SMILES string of the molecule is C#CCOc1ccc(N(C)S(=O)(=O)c2ccc(Br)s2)cc1. The van der Waals surface area contributed by atoms with Gasteiger partial charge in [0.2, 0.25) is 0 Å². The maximum Gasteiger partial charge on any atom is 0.273 e. The molecule has 0 aliphatic rings. The summed E-state index contributed by atoms with van der Waals surface area (Å²) in [5.74, 6) is 2.97. The Morgan fingerprint density at radius 1 is 1.29 bits per heavy atom. The van der Waals surface area contributed by atoms with Gasteiger partial charge in [0.25, 0.3) is 10.0 Å². The summed E-state index contributed by atoms with van der Waals surface area (Å²) < 4.78 is 32.5. The topological polar surface area (TPSA) is 46.6 Å². The van der Waals surface area contributed by atoms with Crippen molar-refractivity contribution in [3.05, 3.63) is 40.2 Å². The summed E-state index contributed by atoms with van der Waals surface area (Å²) in [6.45, 7) is 0.177. The molecule has 0 bridgehead atoms. The third kappa shape index (κ3) is 3.59. The van der Waals surface area contributed by atoms with E-state index < -0.39 is 10.0 Å². The lowest BCUT2D eigenvalue weighted by Gasteiger charge is -2.18. The zero-order chi connectivity index (χ0) is 15.5. The first-order chi connectivity index (χ1) is 9.95. The third-order valence-corrected chi connectivity index (χ3v) is 6.56. The average molecular weight is 386 g/mol. The minimum atomic E-state index is -3.55. The number of halogens is 1. The summed E-state index contributed by atoms with van der Waals surface area (Å²) >= 11 is 4.44. The number of anilines is 1. The highest BCUT2D eigenvalue weighted by atomic mass is 79.9. The number of hydrogen-bond acceptors (Lipinski definition) is 4. The summed E-state index contributed by atoms with van der Waals surface area (Å²) in [6.07, 6.45) is 5.11. The van der Waals surface area contributed by atoms with Crippen molar-refractivity contribution in [2.75, 3.05) is 18.0 Å². The predicted molar refractivity (Wildman–Crippen MR) is 88.4 cm³/mol. The van der Waals surface area contributed by atoms with Crippen molar-refractivity contribution < 1.29 is 13.2 Å². The van der Waals surface area contributed by atoms with Crippen LogP contribution in [0.15, 0.2) is 44.4 Å². The lowest BCUT2D eigenvalue weighted by Crippen LogP contribution is -2.25. The Bertz CT molecular complexity index is 760. The van der Waals surface area contributed by atoms with Crippen molar-refractivity contribution in [1.82, 2.24) is 0 Å². The molecule has 0 radical (unpaired) electrons. The van der Waals surface area contributed by atoms with Crippen LogP contribution in [0.25, 0.3) is 0 Å². The Morgan fingerprint density at radius 2 is 1.95 bits per heavy atom. The number of benzene rings is 1. The molecule has 7 heteroatoms. The van der Waals surface area contributed by atoms with Crippen molar-refractivity contribution in [2.24, 2.45) is 0 Å². The fraction of sp³-hybridized carbons (Fsp3) is 0.143. The van der Waals surface area contributed by atoms with Gasteiger partial charge < -0.3 is 4.74 Å². The van der Waals surface area contributed by atoms with Crippen LogP contribution < -0.4 is 9.04 Å². The molecule has 1 aromatic carbocycles. The lowest BCUT2D eigenvalue weighted by atomic mass is 10.3. The van der Waals surface area contributed by atoms with E-state index in [1.807, 2.05) is 0 Å². The average Bonchev–Trinajstić information content (AvgIpc) is 2.92. The monoisotopic (exact) mass is 385 g/mol. The quantitative estimate of drug-likeness (QED) is 0.741.